The maximum absolute atomic E-state index is 2.41. The van der Waals surface area contributed by atoms with Crippen LogP contribution in [-0.4, -0.2) is 27.4 Å². The number of rotatable bonds is 12. The average Bonchev–Trinajstić information content (AvgIpc) is 1.59. The van der Waals surface area contributed by atoms with Crippen LogP contribution in [0.1, 0.15) is 5.56 Å². The lowest BCUT2D eigenvalue weighted by Gasteiger charge is -2.11. The Morgan fingerprint density at radius 3 is 0.672 bits per heavy atom. The lowest BCUT2D eigenvalue weighted by atomic mass is 9.99. The van der Waals surface area contributed by atoms with Crippen molar-refractivity contribution in [1.29, 1.82) is 0 Å². The van der Waals surface area contributed by atoms with Gasteiger partial charge in [-0.3, -0.25) is 0 Å². The third-order valence-corrected chi connectivity index (χ3v) is 27.9. The van der Waals surface area contributed by atoms with Crippen molar-refractivity contribution in [2.75, 3.05) is 0 Å². The highest BCUT2D eigenvalue weighted by atomic mass is 15.0. The van der Waals surface area contributed by atoms with Gasteiger partial charge in [0, 0.05) is 98.8 Å². The summed E-state index contributed by atoms with van der Waals surface area (Å²) in [7, 11) is 0. The van der Waals surface area contributed by atoms with E-state index in [0.717, 1.165) is 5.69 Å². The molecule has 0 aliphatic carbocycles. The summed E-state index contributed by atoms with van der Waals surface area (Å²) < 4.78 is 14.3. The van der Waals surface area contributed by atoms with Crippen molar-refractivity contribution in [1.82, 2.24) is 27.4 Å². The smallest absolute Gasteiger partial charge is 0.0547 e. The Morgan fingerprint density at radius 1 is 0.109 bits per heavy atom. The van der Waals surface area contributed by atoms with Crippen molar-refractivity contribution >= 4 is 142 Å². The van der Waals surface area contributed by atoms with E-state index in [-0.39, 0.29) is 0 Å². The minimum Gasteiger partial charge on any atom is -0.309 e. The predicted octanol–water partition coefficient (Wildman–Crippen LogP) is 35.1. The van der Waals surface area contributed by atoms with Crippen molar-refractivity contribution < 1.29 is 0 Å². The minimum atomic E-state index is 1.16. The van der Waals surface area contributed by atoms with Crippen LogP contribution >= 0.6 is 0 Å². The van der Waals surface area contributed by atoms with Gasteiger partial charge in [-0.1, -0.05) is 328 Å². The van der Waals surface area contributed by atoms with Crippen LogP contribution in [0.15, 0.2) is 516 Å². The second-order valence-corrected chi connectivity index (χ2v) is 36.0. The standard InChI is InChI=1S/C46H30N2.C43H30N2.C42H28N2/c1-3-13-37(14-4-1)47-43-18-10-9-17-39(43)41-28-34(22-25-44(41)47)35-23-26-45-42(29-35)40-24-21-36(30-46(40)48(45)38-15-5-2-6-16-38)33-20-19-31-11-7-8-12-32(31)27-33;1-29-11-9-15-34(25-29)44-40-19-7-5-17-36(40)38-27-32(21-23-42(38)44)33-22-24-43-39(28-33)37-18-6-8-20-41(37)45(43)35-16-10-14-31(26-35)30-12-3-2-4-13-30;1-3-12-29(13-4-1)30-14-11-17-34(26-30)44-40-21-10-8-19-36(40)38-28-32(23-25-42(38)44)31-22-24-41-37(27-31)35-18-7-9-20-39(35)43(41)33-15-5-2-6-16-33/h1-30H;2-28H,1H3;1-28H. The second-order valence-electron chi connectivity index (χ2n) is 36.0. The third-order valence-electron chi connectivity index (χ3n) is 27.9. The SMILES string of the molecule is Cc1cccc(-n2c3ccccc3c3cc(-c4ccc5c(c4)c4ccccc4n5-c4cccc(-c5ccccc5)c4)ccc32)c1.c1ccc(-c2cccc(-n3c4ccccc4c4cc(-c5ccc6c(c5)c5ccccc5n6-c5ccccc5)ccc43)c2)cc1.c1ccc(-n2c3ccccc3c3cc(-c4ccc5c(c4)c4ccc(-c6ccc7ccccc7c6)cc4n5-c4ccccc4)ccc32)cc1. The highest BCUT2D eigenvalue weighted by molar-refractivity contribution is 6.18. The van der Waals surface area contributed by atoms with Gasteiger partial charge in [0.15, 0.2) is 0 Å². The van der Waals surface area contributed by atoms with Crippen molar-refractivity contribution in [2.24, 2.45) is 0 Å². The highest BCUT2D eigenvalue weighted by Gasteiger charge is 2.23. The molecule has 0 N–H and O–H groups in total. The molecule has 0 saturated heterocycles. The van der Waals surface area contributed by atoms with E-state index in [9.17, 15) is 0 Å². The second kappa shape index (κ2) is 33.3. The van der Waals surface area contributed by atoms with E-state index in [2.05, 4.69) is 550 Å². The number of para-hydroxylation sites is 8. The third kappa shape index (κ3) is 13.9. The molecular formula is C131H88N6. The van der Waals surface area contributed by atoms with Gasteiger partial charge in [-0.05, 0) is 278 Å². The first-order valence-corrected chi connectivity index (χ1v) is 47.2. The fourth-order valence-corrected chi connectivity index (χ4v) is 21.6. The first-order valence-electron chi connectivity index (χ1n) is 47.2. The van der Waals surface area contributed by atoms with Crippen molar-refractivity contribution in [2.45, 2.75) is 6.92 Å². The Labute approximate surface area is 792 Å². The van der Waals surface area contributed by atoms with E-state index in [4.69, 9.17) is 0 Å². The maximum atomic E-state index is 2.41. The van der Waals surface area contributed by atoms with Crippen LogP contribution in [0.5, 0.6) is 0 Å². The molecule has 6 heteroatoms. The molecule has 137 heavy (non-hydrogen) atoms. The van der Waals surface area contributed by atoms with Gasteiger partial charge in [0.2, 0.25) is 0 Å². The van der Waals surface area contributed by atoms with Crippen molar-refractivity contribution in [3.8, 4) is 101 Å². The van der Waals surface area contributed by atoms with Crippen LogP contribution in [0.4, 0.5) is 0 Å². The molecule has 0 saturated carbocycles. The lowest BCUT2D eigenvalue weighted by molar-refractivity contribution is 1.17. The molecule has 0 aliphatic rings. The zero-order chi connectivity index (χ0) is 90.5. The van der Waals surface area contributed by atoms with Gasteiger partial charge in [0.05, 0.1) is 66.2 Å². The van der Waals surface area contributed by atoms with Crippen LogP contribution in [-0.2, 0) is 0 Å². The van der Waals surface area contributed by atoms with E-state index in [1.54, 1.807) is 0 Å². The largest absolute Gasteiger partial charge is 0.309 e. The molecule has 642 valence electrons. The summed E-state index contributed by atoms with van der Waals surface area (Å²) in [5, 5.41) is 17.7. The van der Waals surface area contributed by atoms with Crippen LogP contribution in [0, 0.1) is 6.92 Å². The van der Waals surface area contributed by atoms with Gasteiger partial charge in [-0.25, -0.2) is 0 Å². The highest BCUT2D eigenvalue weighted by Crippen LogP contribution is 2.46. The van der Waals surface area contributed by atoms with Gasteiger partial charge < -0.3 is 27.4 Å². The molecule has 22 aromatic carbocycles. The van der Waals surface area contributed by atoms with E-state index in [1.807, 2.05) is 0 Å². The van der Waals surface area contributed by atoms with Gasteiger partial charge >= 0.3 is 0 Å². The first kappa shape index (κ1) is 79.8. The quantitative estimate of drug-likeness (QED) is 0.117. The molecule has 6 aromatic heterocycles. The van der Waals surface area contributed by atoms with Gasteiger partial charge in [-0.2, -0.15) is 0 Å². The van der Waals surface area contributed by atoms with Gasteiger partial charge in [0.1, 0.15) is 0 Å². The number of aromatic nitrogens is 6. The normalized spacial score (nSPS) is 11.7. The number of hydrogen-bond acceptors (Lipinski definition) is 0. The van der Waals surface area contributed by atoms with Crippen LogP contribution in [0.25, 0.3) is 242 Å². The van der Waals surface area contributed by atoms with E-state index >= 15 is 0 Å². The van der Waals surface area contributed by atoms with Crippen LogP contribution in [0.3, 0.4) is 0 Å². The molecule has 0 spiro atoms. The Balaban J connectivity index is 0.000000107. The van der Waals surface area contributed by atoms with Gasteiger partial charge in [-0.15, -0.1) is 0 Å². The fourth-order valence-electron chi connectivity index (χ4n) is 21.6. The molecular weight excluding hydrogens is 1660 g/mol. The predicted molar refractivity (Wildman–Crippen MR) is 580 cm³/mol. The number of fused-ring (bicyclic) bond motifs is 19. The summed E-state index contributed by atoms with van der Waals surface area (Å²) >= 11 is 0. The summed E-state index contributed by atoms with van der Waals surface area (Å²) in [5.41, 5.74) is 37.5. The molecule has 0 atom stereocenters. The summed E-state index contributed by atoms with van der Waals surface area (Å²) in [6.45, 7) is 2.16. The Kier molecular flexibility index (Phi) is 19.4. The number of benzene rings is 22. The Morgan fingerprint density at radius 2 is 0.328 bits per heavy atom. The zero-order valence-corrected chi connectivity index (χ0v) is 75.3. The number of nitrogens with zero attached hydrogens (tertiary/aromatic N) is 6. The summed E-state index contributed by atoms with van der Waals surface area (Å²) in [5.74, 6) is 0. The Hall–Kier alpha value is -18.1. The summed E-state index contributed by atoms with van der Waals surface area (Å²) in [6.07, 6.45) is 0. The van der Waals surface area contributed by atoms with Gasteiger partial charge in [0.25, 0.3) is 0 Å². The number of aryl methyl sites for hydroxylation is 1. The lowest BCUT2D eigenvalue weighted by Crippen LogP contribution is -1.94. The molecule has 0 bridgehead atoms. The molecule has 28 aromatic rings. The molecule has 0 aliphatic heterocycles. The molecule has 0 amide bonds. The van der Waals surface area contributed by atoms with Crippen LogP contribution < -0.4 is 0 Å². The first-order chi connectivity index (χ1) is 67.9. The number of hydrogen-bond donors (Lipinski definition) is 0. The molecule has 28 rings (SSSR count). The maximum Gasteiger partial charge on any atom is 0.0547 e. The van der Waals surface area contributed by atoms with Crippen LogP contribution in [0.2, 0.25) is 0 Å². The molecule has 0 fully saturated rings. The molecule has 6 nitrogen and oxygen atoms in total. The zero-order valence-electron chi connectivity index (χ0n) is 75.3. The van der Waals surface area contributed by atoms with Crippen molar-refractivity contribution in [3.63, 3.8) is 0 Å². The monoisotopic (exact) mass is 1740 g/mol. The van der Waals surface area contributed by atoms with E-state index < -0.39 is 0 Å². The van der Waals surface area contributed by atoms with Crippen molar-refractivity contribution in [3.05, 3.63) is 521 Å². The molecule has 6 heterocycles. The molecule has 0 radical (unpaired) electrons. The summed E-state index contributed by atoms with van der Waals surface area (Å²) in [6, 6.07) is 187. The van der Waals surface area contributed by atoms with E-state index in [1.165, 1.54) is 242 Å². The van der Waals surface area contributed by atoms with E-state index in [0.29, 0.717) is 0 Å². The fraction of sp³-hybridized carbons (Fsp3) is 0.00763. The Bertz CT molecular complexity index is 9600. The average molecular weight is 1750 g/mol. The topological polar surface area (TPSA) is 29.6 Å². The molecule has 0 unspecified atom stereocenters. The minimum absolute atomic E-state index is 1.16. The summed E-state index contributed by atoms with van der Waals surface area (Å²) in [4.78, 5) is 0.